The Kier molecular flexibility index (Phi) is 3.50. The summed E-state index contributed by atoms with van der Waals surface area (Å²) in [5.41, 5.74) is 7.01. The van der Waals surface area contributed by atoms with Gasteiger partial charge in [0.2, 0.25) is 0 Å². The molecule has 3 N–H and O–H groups in total. The lowest BCUT2D eigenvalue weighted by molar-refractivity contribution is 0.0937. The lowest BCUT2D eigenvalue weighted by Gasteiger charge is -2.16. The number of nitrogens with one attached hydrogen (secondary N) is 1. The molecule has 0 spiro atoms. The van der Waals surface area contributed by atoms with Gasteiger partial charge in [-0.1, -0.05) is 6.07 Å². The number of rotatable bonds is 3. The molecule has 0 bridgehead atoms. The largest absolute Gasteiger partial charge is 0.398 e. The quantitative estimate of drug-likeness (QED) is 0.836. The van der Waals surface area contributed by atoms with Crippen molar-refractivity contribution in [1.82, 2.24) is 10.2 Å². The molecule has 4 nitrogen and oxygen atoms in total. The van der Waals surface area contributed by atoms with Gasteiger partial charge in [-0.05, 0) is 47.3 Å². The van der Waals surface area contributed by atoms with Crippen molar-refractivity contribution in [2.24, 2.45) is 0 Å². The van der Waals surface area contributed by atoms with Crippen LogP contribution in [-0.4, -0.2) is 36.0 Å². The van der Waals surface area contributed by atoms with Gasteiger partial charge in [-0.25, -0.2) is 0 Å². The molecule has 0 radical (unpaired) electrons. The van der Waals surface area contributed by atoms with E-state index in [0.29, 0.717) is 15.7 Å². The number of hydrogen-bond donors (Lipinski definition) is 2. The molecule has 1 aromatic carbocycles. The van der Waals surface area contributed by atoms with Crippen LogP contribution in [0.1, 0.15) is 29.6 Å². The molecule has 2 aliphatic rings. The zero-order chi connectivity index (χ0) is 13.4. The SMILES string of the molecule is Nc1cccc(C(=O)NC2CCN(C3CC3)C2)c1Br. The lowest BCUT2D eigenvalue weighted by atomic mass is 10.1. The Bertz CT molecular complexity index is 501. The molecular formula is C14H18BrN3O. The smallest absolute Gasteiger partial charge is 0.252 e. The summed E-state index contributed by atoms with van der Waals surface area (Å²) in [5.74, 6) is -0.0400. The number of anilines is 1. The summed E-state index contributed by atoms with van der Waals surface area (Å²) in [6, 6.07) is 6.43. The van der Waals surface area contributed by atoms with E-state index in [0.717, 1.165) is 25.6 Å². The number of nitrogens with zero attached hydrogens (tertiary/aromatic N) is 1. The molecule has 1 aromatic rings. The number of nitrogens with two attached hydrogens (primary N) is 1. The standard InChI is InChI=1S/C14H18BrN3O/c15-13-11(2-1-3-12(13)16)14(19)17-9-6-7-18(8-9)10-4-5-10/h1-3,9-10H,4-8,16H2,(H,17,19). The number of carbonyl (C=O) groups excluding carboxylic acids is 1. The van der Waals surface area contributed by atoms with Crippen LogP contribution in [0.2, 0.25) is 0 Å². The number of benzene rings is 1. The molecule has 3 rings (SSSR count). The molecular weight excluding hydrogens is 306 g/mol. The lowest BCUT2D eigenvalue weighted by Crippen LogP contribution is -2.37. The molecule has 1 heterocycles. The molecule has 1 saturated heterocycles. The summed E-state index contributed by atoms with van der Waals surface area (Å²) in [4.78, 5) is 14.7. The van der Waals surface area contributed by atoms with Gasteiger partial charge in [0.05, 0.1) is 10.0 Å². The fourth-order valence-corrected chi connectivity index (χ4v) is 3.11. The minimum atomic E-state index is -0.0400. The van der Waals surface area contributed by atoms with Crippen LogP contribution in [0.4, 0.5) is 5.69 Å². The highest BCUT2D eigenvalue weighted by atomic mass is 79.9. The van der Waals surface area contributed by atoms with E-state index in [2.05, 4.69) is 26.1 Å². The van der Waals surface area contributed by atoms with Crippen LogP contribution in [0, 0.1) is 0 Å². The van der Waals surface area contributed by atoms with Crippen LogP contribution in [0.3, 0.4) is 0 Å². The van der Waals surface area contributed by atoms with Gasteiger partial charge < -0.3 is 11.1 Å². The van der Waals surface area contributed by atoms with E-state index in [9.17, 15) is 4.79 Å². The first-order valence-corrected chi connectivity index (χ1v) is 7.53. The zero-order valence-electron chi connectivity index (χ0n) is 10.7. The van der Waals surface area contributed by atoms with E-state index in [1.54, 1.807) is 18.2 Å². The zero-order valence-corrected chi connectivity index (χ0v) is 12.3. The first-order chi connectivity index (χ1) is 9.15. The average molecular weight is 324 g/mol. The minimum Gasteiger partial charge on any atom is -0.398 e. The van der Waals surface area contributed by atoms with E-state index in [4.69, 9.17) is 5.73 Å². The number of hydrogen-bond acceptors (Lipinski definition) is 3. The van der Waals surface area contributed by atoms with Gasteiger partial charge in [0.15, 0.2) is 0 Å². The average Bonchev–Trinajstić information content (AvgIpc) is 3.14. The fraction of sp³-hybridized carbons (Fsp3) is 0.500. The molecule has 102 valence electrons. The first kappa shape index (κ1) is 12.9. The predicted octanol–water partition coefficient (Wildman–Crippen LogP) is 2.00. The molecule has 1 aliphatic carbocycles. The van der Waals surface area contributed by atoms with Crippen molar-refractivity contribution in [3.05, 3.63) is 28.2 Å². The Morgan fingerprint density at radius 2 is 2.16 bits per heavy atom. The molecule has 1 unspecified atom stereocenters. The summed E-state index contributed by atoms with van der Waals surface area (Å²) < 4.78 is 0.685. The molecule has 1 aliphatic heterocycles. The highest BCUT2D eigenvalue weighted by Gasteiger charge is 2.34. The summed E-state index contributed by atoms with van der Waals surface area (Å²) in [5, 5.41) is 3.11. The summed E-state index contributed by atoms with van der Waals surface area (Å²) >= 11 is 3.38. The molecule has 1 amide bonds. The number of nitrogen functional groups attached to an aromatic ring is 1. The Morgan fingerprint density at radius 1 is 1.37 bits per heavy atom. The second-order valence-electron chi connectivity index (χ2n) is 5.39. The molecule has 1 saturated carbocycles. The van der Waals surface area contributed by atoms with E-state index in [1.807, 2.05) is 0 Å². The van der Waals surface area contributed by atoms with E-state index < -0.39 is 0 Å². The third-order valence-electron chi connectivity index (χ3n) is 3.89. The predicted molar refractivity (Wildman–Crippen MR) is 79.0 cm³/mol. The monoisotopic (exact) mass is 323 g/mol. The number of halogens is 1. The van der Waals surface area contributed by atoms with Gasteiger partial charge in [-0.2, -0.15) is 0 Å². The Morgan fingerprint density at radius 3 is 2.89 bits per heavy atom. The van der Waals surface area contributed by atoms with E-state index in [-0.39, 0.29) is 11.9 Å². The van der Waals surface area contributed by atoms with Gasteiger partial charge in [0.25, 0.3) is 5.91 Å². The molecule has 1 atom stereocenters. The van der Waals surface area contributed by atoms with Crippen molar-refractivity contribution in [2.45, 2.75) is 31.3 Å². The highest BCUT2D eigenvalue weighted by Crippen LogP contribution is 2.30. The van der Waals surface area contributed by atoms with Crippen molar-refractivity contribution < 1.29 is 4.79 Å². The number of likely N-dealkylation sites (tertiary alicyclic amines) is 1. The third kappa shape index (κ3) is 2.77. The maximum atomic E-state index is 12.3. The van der Waals surface area contributed by atoms with Gasteiger partial charge >= 0.3 is 0 Å². The molecule has 2 fully saturated rings. The van der Waals surface area contributed by atoms with Crippen molar-refractivity contribution in [2.75, 3.05) is 18.8 Å². The molecule has 5 heteroatoms. The fourth-order valence-electron chi connectivity index (χ4n) is 2.66. The number of amides is 1. The molecule has 0 aromatic heterocycles. The molecule has 19 heavy (non-hydrogen) atoms. The van der Waals surface area contributed by atoms with Crippen LogP contribution in [0.15, 0.2) is 22.7 Å². The van der Waals surface area contributed by atoms with Crippen LogP contribution in [0.5, 0.6) is 0 Å². The van der Waals surface area contributed by atoms with Crippen molar-refractivity contribution in [1.29, 1.82) is 0 Å². The van der Waals surface area contributed by atoms with Crippen LogP contribution in [0.25, 0.3) is 0 Å². The number of carbonyl (C=O) groups is 1. The third-order valence-corrected chi connectivity index (χ3v) is 4.78. The van der Waals surface area contributed by atoms with Crippen LogP contribution in [-0.2, 0) is 0 Å². The van der Waals surface area contributed by atoms with Gasteiger partial charge in [0.1, 0.15) is 0 Å². The van der Waals surface area contributed by atoms with Gasteiger partial charge in [-0.15, -0.1) is 0 Å². The Labute approximate surface area is 121 Å². The Hall–Kier alpha value is -1.07. The van der Waals surface area contributed by atoms with E-state index >= 15 is 0 Å². The van der Waals surface area contributed by atoms with Crippen molar-refractivity contribution in [3.63, 3.8) is 0 Å². The first-order valence-electron chi connectivity index (χ1n) is 6.74. The van der Waals surface area contributed by atoms with Crippen molar-refractivity contribution in [3.8, 4) is 0 Å². The Balaban J connectivity index is 1.63. The summed E-state index contributed by atoms with van der Waals surface area (Å²) in [7, 11) is 0. The maximum Gasteiger partial charge on any atom is 0.252 e. The van der Waals surface area contributed by atoms with Gasteiger partial charge in [0, 0.05) is 30.9 Å². The topological polar surface area (TPSA) is 58.4 Å². The van der Waals surface area contributed by atoms with Crippen molar-refractivity contribution >= 4 is 27.5 Å². The van der Waals surface area contributed by atoms with Crippen LogP contribution >= 0.6 is 15.9 Å². The normalized spacial score (nSPS) is 23.5. The van der Waals surface area contributed by atoms with E-state index in [1.165, 1.54) is 12.8 Å². The second kappa shape index (κ2) is 5.13. The summed E-state index contributed by atoms with van der Waals surface area (Å²) in [6.07, 6.45) is 3.69. The van der Waals surface area contributed by atoms with Gasteiger partial charge in [-0.3, -0.25) is 9.69 Å². The maximum absolute atomic E-state index is 12.3. The highest BCUT2D eigenvalue weighted by molar-refractivity contribution is 9.10. The van der Waals surface area contributed by atoms with Crippen LogP contribution < -0.4 is 11.1 Å². The summed E-state index contributed by atoms with van der Waals surface area (Å²) in [6.45, 7) is 2.09. The second-order valence-corrected chi connectivity index (χ2v) is 6.19. The minimum absolute atomic E-state index is 0.0400.